The minimum absolute atomic E-state index is 0.0260. The number of ketones is 1. The number of cyclic esters (lactones) is 1. The van der Waals surface area contributed by atoms with Crippen LogP contribution in [0.1, 0.15) is 67.2 Å². The molecule has 12 nitrogen and oxygen atoms in total. The molecule has 13 heteroatoms. The van der Waals surface area contributed by atoms with E-state index >= 15 is 0 Å². The van der Waals surface area contributed by atoms with Crippen molar-refractivity contribution in [1.82, 2.24) is 10.2 Å². The van der Waals surface area contributed by atoms with E-state index in [1.165, 1.54) is 0 Å². The molecule has 0 spiro atoms. The van der Waals surface area contributed by atoms with Gasteiger partial charge >= 0.3 is 11.9 Å². The predicted octanol–water partition coefficient (Wildman–Crippen LogP) is 2.02. The van der Waals surface area contributed by atoms with E-state index in [4.69, 9.17) is 33.9 Å². The number of likely N-dealkylation sites (N-methyl/N-ethyl adjacent to an activating group) is 1. The van der Waals surface area contributed by atoms with Gasteiger partial charge in [-0.05, 0) is 46.2 Å². The molecule has 7 unspecified atom stereocenters. The zero-order valence-electron chi connectivity index (χ0n) is 27.7. The summed E-state index contributed by atoms with van der Waals surface area (Å²) in [5.41, 5.74) is 5.04. The number of ether oxygens (including phenoxy) is 5. The maximum atomic E-state index is 13.6. The number of esters is 2. The van der Waals surface area contributed by atoms with Gasteiger partial charge in [0.05, 0.1) is 30.7 Å². The molecular formula is C31H54N3O9P. The van der Waals surface area contributed by atoms with Crippen LogP contribution in [0.2, 0.25) is 0 Å². The van der Waals surface area contributed by atoms with Gasteiger partial charge in [0.2, 0.25) is 0 Å². The highest BCUT2D eigenvalue weighted by Crippen LogP contribution is 2.43. The smallest absolute Gasteiger partial charge is 0.341 e. The summed E-state index contributed by atoms with van der Waals surface area (Å²) in [6, 6.07) is -0.281. The molecule has 4 heterocycles. The highest BCUT2D eigenvalue weighted by atomic mass is 31.0. The standard InChI is InChI=1S/C31H54N3O9P/c1-14-10-15(2)27(42-29-28(43-44)25(34(7)8)18(5)19(6)40-29)26(38-9)16(3)11-23(36)39-17(4)12-22-24-20(13-21(14)35)33-31(24,32)30(37)41-22/h14-20,22,24-29,33H,10-13,32,44H2,1-9H3/t14-,15+,16-,17-,18?,19?,20+,22-,24?,25?,26+,27+,28?,29?,31-/m1/s1. The number of carbonyl (C=O) groups is 3. The molecule has 4 rings (SSSR count). The Morgan fingerprint density at radius 2 is 1.64 bits per heavy atom. The third kappa shape index (κ3) is 7.03. The molecule has 0 aliphatic carbocycles. The third-order valence-electron chi connectivity index (χ3n) is 10.5. The SMILES string of the molecule is CO[C@@H]1[C@@H](OC2OC(C)C(C)C(N(C)C)C2OP)[C@@H](C)C[C@@H](C)C(=O)C[C@@H]2N[C@@]3(N)C(=O)O[C@H](C[C@@H](C)OC(=O)C[C@H]1C)C23. The lowest BCUT2D eigenvalue weighted by Crippen LogP contribution is -2.78. The summed E-state index contributed by atoms with van der Waals surface area (Å²) in [5.74, 6) is -1.79. The lowest BCUT2D eigenvalue weighted by molar-refractivity contribution is -0.292. The van der Waals surface area contributed by atoms with Crippen molar-refractivity contribution < 1.29 is 42.6 Å². The van der Waals surface area contributed by atoms with Crippen LogP contribution in [-0.2, 0) is 42.6 Å². The third-order valence-corrected chi connectivity index (χ3v) is 10.8. The van der Waals surface area contributed by atoms with Gasteiger partial charge in [-0.15, -0.1) is 0 Å². The number of hydrogen-bond donors (Lipinski definition) is 2. The van der Waals surface area contributed by atoms with Gasteiger partial charge in [0, 0.05) is 53.3 Å². The Kier molecular flexibility index (Phi) is 11.5. The van der Waals surface area contributed by atoms with Crippen LogP contribution < -0.4 is 11.1 Å². The summed E-state index contributed by atoms with van der Waals surface area (Å²) in [7, 11) is 8.01. The second-order valence-electron chi connectivity index (χ2n) is 14.0. The zero-order chi connectivity index (χ0) is 32.7. The molecular weight excluding hydrogens is 589 g/mol. The van der Waals surface area contributed by atoms with Gasteiger partial charge in [-0.1, -0.05) is 27.7 Å². The molecule has 4 aliphatic heterocycles. The molecule has 0 radical (unpaired) electrons. The van der Waals surface area contributed by atoms with Crippen molar-refractivity contribution in [2.75, 3.05) is 21.2 Å². The Bertz CT molecular complexity index is 1050. The topological polar surface area (TPSA) is 148 Å². The summed E-state index contributed by atoms with van der Waals surface area (Å²) < 4.78 is 36.6. The molecule has 4 saturated heterocycles. The zero-order valence-corrected chi connectivity index (χ0v) is 28.8. The molecule has 4 fully saturated rings. The molecule has 44 heavy (non-hydrogen) atoms. The van der Waals surface area contributed by atoms with E-state index in [1.807, 2.05) is 41.8 Å². The quantitative estimate of drug-likeness (QED) is 0.334. The molecule has 0 bridgehead atoms. The Labute approximate surface area is 264 Å². The fraction of sp³-hybridized carbons (Fsp3) is 0.903. The fourth-order valence-corrected chi connectivity index (χ4v) is 8.25. The summed E-state index contributed by atoms with van der Waals surface area (Å²) in [6.07, 6.45) is -2.19. The van der Waals surface area contributed by atoms with E-state index in [0.29, 0.717) is 12.8 Å². The van der Waals surface area contributed by atoms with Crippen LogP contribution in [0.3, 0.4) is 0 Å². The maximum Gasteiger partial charge on any atom is 0.341 e. The van der Waals surface area contributed by atoms with Gasteiger partial charge in [0.1, 0.15) is 24.1 Å². The van der Waals surface area contributed by atoms with Crippen LogP contribution >= 0.6 is 9.47 Å². The monoisotopic (exact) mass is 643 g/mol. The number of nitrogens with one attached hydrogen (secondary N) is 1. The van der Waals surface area contributed by atoms with Crippen molar-refractivity contribution in [2.24, 2.45) is 35.3 Å². The Balaban J connectivity index is 1.62. The fourth-order valence-electron chi connectivity index (χ4n) is 7.96. The molecule has 4 aliphatic rings. The molecule has 0 saturated carbocycles. The molecule has 16 atom stereocenters. The van der Waals surface area contributed by atoms with Crippen molar-refractivity contribution in [2.45, 2.75) is 128 Å². The summed E-state index contributed by atoms with van der Waals surface area (Å²) in [6.45, 7) is 11.8. The molecule has 0 aromatic heterocycles. The minimum Gasteiger partial charge on any atom is -0.462 e. The van der Waals surface area contributed by atoms with E-state index in [9.17, 15) is 14.4 Å². The van der Waals surface area contributed by atoms with Crippen LogP contribution in [-0.4, -0.2) is 104 Å². The summed E-state index contributed by atoms with van der Waals surface area (Å²) in [4.78, 5) is 41.5. The van der Waals surface area contributed by atoms with Gasteiger partial charge in [0.25, 0.3) is 0 Å². The average molecular weight is 644 g/mol. The maximum absolute atomic E-state index is 13.6. The first-order chi connectivity index (χ1) is 20.6. The number of nitrogens with zero attached hydrogens (tertiary/aromatic N) is 1. The second-order valence-corrected chi connectivity index (χ2v) is 14.3. The Morgan fingerprint density at radius 3 is 2.25 bits per heavy atom. The summed E-state index contributed by atoms with van der Waals surface area (Å²) in [5, 5.41) is 3.10. The molecule has 0 amide bonds. The molecule has 252 valence electrons. The second kappa shape index (κ2) is 14.3. The summed E-state index contributed by atoms with van der Waals surface area (Å²) >= 11 is 0. The van der Waals surface area contributed by atoms with E-state index in [1.54, 1.807) is 14.0 Å². The largest absolute Gasteiger partial charge is 0.462 e. The Hall–Kier alpha value is -1.24. The van der Waals surface area contributed by atoms with E-state index < -0.39 is 48.4 Å². The van der Waals surface area contributed by atoms with E-state index in [-0.39, 0.29) is 72.4 Å². The van der Waals surface area contributed by atoms with Crippen molar-refractivity contribution in [3.8, 4) is 0 Å². The van der Waals surface area contributed by atoms with Crippen molar-refractivity contribution >= 4 is 27.2 Å². The molecule has 0 aromatic carbocycles. The Morgan fingerprint density at radius 1 is 0.955 bits per heavy atom. The van der Waals surface area contributed by atoms with Crippen molar-refractivity contribution in [3.63, 3.8) is 0 Å². The molecule has 0 aromatic rings. The first-order valence-electron chi connectivity index (χ1n) is 16.0. The van der Waals surface area contributed by atoms with Crippen molar-refractivity contribution in [1.29, 1.82) is 0 Å². The van der Waals surface area contributed by atoms with Crippen molar-refractivity contribution in [3.05, 3.63) is 0 Å². The lowest BCUT2D eigenvalue weighted by Gasteiger charge is -2.49. The van der Waals surface area contributed by atoms with Crippen LogP contribution in [0, 0.1) is 29.6 Å². The van der Waals surface area contributed by atoms with E-state index in [0.717, 1.165) is 0 Å². The number of Topliss-reactive ketones (excluding diaryl/α,β-unsaturated/α-hetero) is 1. The van der Waals surface area contributed by atoms with E-state index in [2.05, 4.69) is 26.6 Å². The van der Waals surface area contributed by atoms with Crippen LogP contribution in [0.5, 0.6) is 0 Å². The number of nitrogens with two attached hydrogens (primary N) is 1. The number of carbonyl (C=O) groups excluding carboxylic acids is 3. The van der Waals surface area contributed by atoms with Gasteiger partial charge in [-0.3, -0.25) is 14.9 Å². The lowest BCUT2D eigenvalue weighted by atomic mass is 9.71. The van der Waals surface area contributed by atoms with Crippen LogP contribution in [0.25, 0.3) is 0 Å². The highest BCUT2D eigenvalue weighted by Gasteiger charge is 2.66. The van der Waals surface area contributed by atoms with Gasteiger partial charge in [-0.2, -0.15) is 0 Å². The normalized spacial score (nSPS) is 47.5. The van der Waals surface area contributed by atoms with Gasteiger partial charge in [0.15, 0.2) is 12.0 Å². The van der Waals surface area contributed by atoms with Crippen LogP contribution in [0.15, 0.2) is 0 Å². The molecule has 3 N–H and O–H groups in total. The predicted molar refractivity (Wildman–Crippen MR) is 165 cm³/mol. The minimum atomic E-state index is -1.32. The first-order valence-corrected chi connectivity index (χ1v) is 16.4. The number of rotatable bonds is 5. The average Bonchev–Trinajstić information content (AvgIpc) is 3.10. The highest BCUT2D eigenvalue weighted by molar-refractivity contribution is 7.09. The van der Waals surface area contributed by atoms with Gasteiger partial charge in [-0.25, -0.2) is 4.79 Å². The number of hydrogen-bond acceptors (Lipinski definition) is 12. The first kappa shape index (κ1) is 35.6. The van der Waals surface area contributed by atoms with Gasteiger partial charge < -0.3 is 38.8 Å². The number of methoxy groups -OCH3 is 1. The van der Waals surface area contributed by atoms with Crippen LogP contribution in [0.4, 0.5) is 0 Å².